The van der Waals surface area contributed by atoms with Gasteiger partial charge in [-0.2, -0.15) is 10.2 Å². The van der Waals surface area contributed by atoms with Crippen LogP contribution in [0.5, 0.6) is 0 Å². The van der Waals surface area contributed by atoms with Gasteiger partial charge in [0.2, 0.25) is 0 Å². The Morgan fingerprint density at radius 1 is 1.18 bits per heavy atom. The average Bonchev–Trinajstić information content (AvgIpc) is 2.55. The van der Waals surface area contributed by atoms with Gasteiger partial charge in [0.25, 0.3) is 5.91 Å². The van der Waals surface area contributed by atoms with Gasteiger partial charge in [-0.25, -0.2) is 0 Å². The van der Waals surface area contributed by atoms with E-state index in [-0.39, 0.29) is 5.91 Å². The van der Waals surface area contributed by atoms with Crippen LogP contribution >= 0.6 is 11.6 Å². The second-order valence-corrected chi connectivity index (χ2v) is 5.14. The summed E-state index contributed by atoms with van der Waals surface area (Å²) in [6.45, 7) is 0. The predicted octanol–water partition coefficient (Wildman–Crippen LogP) is 3.39. The lowest BCUT2D eigenvalue weighted by Gasteiger charge is -2.10. The molecule has 1 aromatic heterocycles. The average molecular weight is 313 g/mol. The third kappa shape index (κ3) is 2.84. The molecule has 3 rings (SSSR count). The molecule has 1 amide bonds. The highest BCUT2D eigenvalue weighted by Gasteiger charge is 2.07. The number of aromatic nitrogens is 2. The van der Waals surface area contributed by atoms with Crippen molar-refractivity contribution in [2.75, 3.05) is 12.4 Å². The molecular weight excluding hydrogens is 300 g/mol. The first-order chi connectivity index (χ1) is 10.7. The van der Waals surface area contributed by atoms with Crippen LogP contribution in [-0.4, -0.2) is 23.2 Å². The molecule has 2 N–H and O–H groups in total. The number of hydrogen-bond acceptors (Lipinski definition) is 4. The standard InChI is InChI=1S/C16H13ClN4O/c1-18-16(22)10-3-2-4-12(7-10)20-15-9-19-21-14-6-5-11(17)8-13(14)15/h2-9H,1H3,(H,18,22)(H,20,21). The lowest BCUT2D eigenvalue weighted by molar-refractivity contribution is 0.0963. The van der Waals surface area contributed by atoms with Gasteiger partial charge in [-0.1, -0.05) is 17.7 Å². The number of carbonyl (C=O) groups is 1. The highest BCUT2D eigenvalue weighted by Crippen LogP contribution is 2.27. The van der Waals surface area contributed by atoms with Crippen LogP contribution in [0.25, 0.3) is 10.9 Å². The fourth-order valence-corrected chi connectivity index (χ4v) is 2.34. The smallest absolute Gasteiger partial charge is 0.251 e. The van der Waals surface area contributed by atoms with E-state index in [1.165, 1.54) is 0 Å². The molecule has 0 atom stereocenters. The summed E-state index contributed by atoms with van der Waals surface area (Å²) >= 11 is 6.05. The van der Waals surface area contributed by atoms with Crippen molar-refractivity contribution < 1.29 is 4.79 Å². The minimum Gasteiger partial charge on any atom is -0.355 e. The first kappa shape index (κ1) is 14.3. The molecular formula is C16H13ClN4O. The summed E-state index contributed by atoms with van der Waals surface area (Å²) in [7, 11) is 1.60. The minimum atomic E-state index is -0.135. The number of hydrogen-bond donors (Lipinski definition) is 2. The molecule has 0 unspecified atom stereocenters. The van der Waals surface area contributed by atoms with Gasteiger partial charge in [-0.3, -0.25) is 4.79 Å². The Bertz CT molecular complexity index is 850. The van der Waals surface area contributed by atoms with Crippen LogP contribution in [0.3, 0.4) is 0 Å². The quantitative estimate of drug-likeness (QED) is 0.778. The van der Waals surface area contributed by atoms with Gasteiger partial charge in [0.15, 0.2) is 0 Å². The van der Waals surface area contributed by atoms with Gasteiger partial charge in [0.1, 0.15) is 0 Å². The monoisotopic (exact) mass is 312 g/mol. The molecule has 22 heavy (non-hydrogen) atoms. The fourth-order valence-electron chi connectivity index (χ4n) is 2.17. The van der Waals surface area contributed by atoms with Gasteiger partial charge >= 0.3 is 0 Å². The molecule has 0 spiro atoms. The van der Waals surface area contributed by atoms with Gasteiger partial charge in [0.05, 0.1) is 17.4 Å². The van der Waals surface area contributed by atoms with Gasteiger partial charge < -0.3 is 10.6 Å². The van der Waals surface area contributed by atoms with E-state index in [4.69, 9.17) is 11.6 Å². The molecule has 0 aliphatic rings. The van der Waals surface area contributed by atoms with Crippen molar-refractivity contribution in [3.8, 4) is 0 Å². The highest BCUT2D eigenvalue weighted by molar-refractivity contribution is 6.31. The molecule has 0 radical (unpaired) electrons. The number of nitrogens with one attached hydrogen (secondary N) is 2. The third-order valence-electron chi connectivity index (χ3n) is 3.23. The van der Waals surface area contributed by atoms with E-state index >= 15 is 0 Å². The van der Waals surface area contributed by atoms with Crippen molar-refractivity contribution in [1.29, 1.82) is 0 Å². The summed E-state index contributed by atoms with van der Waals surface area (Å²) in [5.41, 5.74) is 2.89. The first-order valence-electron chi connectivity index (χ1n) is 6.67. The molecule has 6 heteroatoms. The number of rotatable bonds is 3. The molecule has 0 bridgehead atoms. The number of amides is 1. The molecule has 0 saturated heterocycles. The highest BCUT2D eigenvalue weighted by atomic mass is 35.5. The topological polar surface area (TPSA) is 66.9 Å². The molecule has 110 valence electrons. The van der Waals surface area contributed by atoms with E-state index in [1.54, 1.807) is 31.4 Å². The molecule has 0 saturated carbocycles. The van der Waals surface area contributed by atoms with Crippen molar-refractivity contribution in [1.82, 2.24) is 15.5 Å². The van der Waals surface area contributed by atoms with E-state index in [2.05, 4.69) is 20.8 Å². The fraction of sp³-hybridized carbons (Fsp3) is 0.0625. The Labute approximate surface area is 132 Å². The lowest BCUT2D eigenvalue weighted by Crippen LogP contribution is -2.17. The molecule has 5 nitrogen and oxygen atoms in total. The van der Waals surface area contributed by atoms with Gasteiger partial charge in [0, 0.05) is 28.7 Å². The Morgan fingerprint density at radius 2 is 2.05 bits per heavy atom. The summed E-state index contributed by atoms with van der Waals surface area (Å²) in [6.07, 6.45) is 1.63. The van der Waals surface area contributed by atoms with Crippen LogP contribution in [0.2, 0.25) is 5.02 Å². The van der Waals surface area contributed by atoms with E-state index in [9.17, 15) is 4.79 Å². The van der Waals surface area contributed by atoms with Crippen LogP contribution < -0.4 is 10.6 Å². The number of benzene rings is 2. The molecule has 0 aliphatic heterocycles. The normalized spacial score (nSPS) is 10.5. The summed E-state index contributed by atoms with van der Waals surface area (Å²) in [5.74, 6) is -0.135. The largest absolute Gasteiger partial charge is 0.355 e. The van der Waals surface area contributed by atoms with Crippen LogP contribution in [0.1, 0.15) is 10.4 Å². The van der Waals surface area contributed by atoms with E-state index < -0.39 is 0 Å². The van der Waals surface area contributed by atoms with Crippen LogP contribution in [0.15, 0.2) is 48.7 Å². The lowest BCUT2D eigenvalue weighted by atomic mass is 10.1. The van der Waals surface area contributed by atoms with E-state index in [0.717, 1.165) is 22.3 Å². The number of carbonyl (C=O) groups excluding carboxylic acids is 1. The number of halogens is 1. The molecule has 3 aromatic rings. The zero-order valence-corrected chi connectivity index (χ0v) is 12.6. The molecule has 0 aliphatic carbocycles. The maximum Gasteiger partial charge on any atom is 0.251 e. The first-order valence-corrected chi connectivity index (χ1v) is 7.05. The summed E-state index contributed by atoms with van der Waals surface area (Å²) < 4.78 is 0. The van der Waals surface area contributed by atoms with E-state index in [0.29, 0.717) is 10.6 Å². The van der Waals surface area contributed by atoms with E-state index in [1.807, 2.05) is 24.3 Å². The third-order valence-corrected chi connectivity index (χ3v) is 3.47. The summed E-state index contributed by atoms with van der Waals surface area (Å²) in [5, 5.41) is 15.4. The van der Waals surface area contributed by atoms with Crippen LogP contribution in [0, 0.1) is 0 Å². The number of fused-ring (bicyclic) bond motifs is 1. The SMILES string of the molecule is CNC(=O)c1cccc(Nc2cnnc3ccc(Cl)cc23)c1. The van der Waals surface area contributed by atoms with Crippen molar-refractivity contribution in [2.24, 2.45) is 0 Å². The Balaban J connectivity index is 2.00. The van der Waals surface area contributed by atoms with Gasteiger partial charge in [-0.15, -0.1) is 0 Å². The van der Waals surface area contributed by atoms with Crippen LogP contribution in [-0.2, 0) is 0 Å². The van der Waals surface area contributed by atoms with Crippen LogP contribution in [0.4, 0.5) is 11.4 Å². The zero-order chi connectivity index (χ0) is 15.5. The zero-order valence-electron chi connectivity index (χ0n) is 11.8. The van der Waals surface area contributed by atoms with Crippen molar-refractivity contribution in [3.63, 3.8) is 0 Å². The molecule has 0 fully saturated rings. The molecule has 1 heterocycles. The predicted molar refractivity (Wildman–Crippen MR) is 87.7 cm³/mol. The van der Waals surface area contributed by atoms with Crippen molar-refractivity contribution in [3.05, 3.63) is 59.2 Å². The summed E-state index contributed by atoms with van der Waals surface area (Å²) in [6, 6.07) is 12.6. The number of nitrogens with zero attached hydrogens (tertiary/aromatic N) is 2. The van der Waals surface area contributed by atoms with Gasteiger partial charge in [-0.05, 0) is 36.4 Å². The number of anilines is 2. The Morgan fingerprint density at radius 3 is 2.86 bits per heavy atom. The second kappa shape index (κ2) is 5.99. The minimum absolute atomic E-state index is 0.135. The Hall–Kier alpha value is -2.66. The maximum atomic E-state index is 11.7. The Kier molecular flexibility index (Phi) is 3.89. The second-order valence-electron chi connectivity index (χ2n) is 4.70. The maximum absolute atomic E-state index is 11.7. The van der Waals surface area contributed by atoms with Crippen molar-refractivity contribution >= 4 is 39.8 Å². The molecule has 2 aromatic carbocycles. The van der Waals surface area contributed by atoms with Crippen molar-refractivity contribution in [2.45, 2.75) is 0 Å². The summed E-state index contributed by atoms with van der Waals surface area (Å²) in [4.78, 5) is 11.7.